The van der Waals surface area contributed by atoms with Gasteiger partial charge in [-0.05, 0) is 24.3 Å². The van der Waals surface area contributed by atoms with Crippen LogP contribution in [0.25, 0.3) is 0 Å². The number of anilines is 2. The van der Waals surface area contributed by atoms with Gasteiger partial charge in [-0.3, -0.25) is 9.59 Å². The molecule has 1 aromatic carbocycles. The van der Waals surface area contributed by atoms with E-state index in [1.807, 2.05) is 4.90 Å². The first-order valence-corrected chi connectivity index (χ1v) is 7.49. The van der Waals surface area contributed by atoms with Gasteiger partial charge in [-0.25, -0.2) is 9.97 Å². The molecule has 1 aromatic heterocycles. The lowest BCUT2D eigenvalue weighted by molar-refractivity contribution is 0.0994. The van der Waals surface area contributed by atoms with E-state index in [1.54, 1.807) is 18.2 Å². The highest BCUT2D eigenvalue weighted by atomic mass is 16.5. The molecule has 1 fully saturated rings. The van der Waals surface area contributed by atoms with Crippen molar-refractivity contribution in [1.29, 1.82) is 0 Å². The van der Waals surface area contributed by atoms with Gasteiger partial charge in [0.15, 0.2) is 0 Å². The molecule has 24 heavy (non-hydrogen) atoms. The Bertz CT molecular complexity index is 745. The van der Waals surface area contributed by atoms with E-state index in [4.69, 9.17) is 10.5 Å². The largest absolute Gasteiger partial charge is 0.378 e. The molecule has 0 spiro atoms. The summed E-state index contributed by atoms with van der Waals surface area (Å²) in [5, 5.41) is 2.70. The van der Waals surface area contributed by atoms with Crippen LogP contribution in [0.1, 0.15) is 20.8 Å². The summed E-state index contributed by atoms with van der Waals surface area (Å²) in [6.45, 7) is 2.58. The Labute approximate surface area is 138 Å². The van der Waals surface area contributed by atoms with Crippen LogP contribution in [-0.4, -0.2) is 48.1 Å². The van der Waals surface area contributed by atoms with E-state index in [9.17, 15) is 9.59 Å². The van der Waals surface area contributed by atoms with E-state index < -0.39 is 5.91 Å². The zero-order chi connectivity index (χ0) is 16.9. The number of benzene rings is 1. The van der Waals surface area contributed by atoms with Gasteiger partial charge in [-0.15, -0.1) is 0 Å². The van der Waals surface area contributed by atoms with Crippen LogP contribution in [0.3, 0.4) is 0 Å². The van der Waals surface area contributed by atoms with Crippen LogP contribution < -0.4 is 16.0 Å². The molecule has 0 atom stereocenters. The number of nitrogens with zero attached hydrogens (tertiary/aromatic N) is 3. The lowest BCUT2D eigenvalue weighted by Crippen LogP contribution is -2.37. The van der Waals surface area contributed by atoms with Crippen molar-refractivity contribution in [3.8, 4) is 0 Å². The van der Waals surface area contributed by atoms with Gasteiger partial charge in [0.1, 0.15) is 12.0 Å². The number of ether oxygens (including phenoxy) is 1. The van der Waals surface area contributed by atoms with E-state index in [2.05, 4.69) is 15.3 Å². The van der Waals surface area contributed by atoms with Crippen LogP contribution in [0.2, 0.25) is 0 Å². The number of nitrogens with one attached hydrogen (secondary N) is 1. The third-order valence-corrected chi connectivity index (χ3v) is 3.69. The fourth-order valence-corrected chi connectivity index (χ4v) is 2.51. The second kappa shape index (κ2) is 7.05. The van der Waals surface area contributed by atoms with Crippen LogP contribution >= 0.6 is 0 Å². The standard InChI is InChI=1S/C16H17N5O3/c17-15(22)12-9-11(20-16(23)13-3-4-18-10-19-13)1-2-14(12)21-5-7-24-8-6-21/h1-4,9-10H,5-8H2,(H2,17,22)(H,20,23). The molecule has 0 saturated carbocycles. The first-order valence-electron chi connectivity index (χ1n) is 7.49. The number of morpholine rings is 1. The average Bonchev–Trinajstić information content (AvgIpc) is 2.63. The van der Waals surface area contributed by atoms with Crippen LogP contribution in [0.4, 0.5) is 11.4 Å². The van der Waals surface area contributed by atoms with Gasteiger partial charge in [0.25, 0.3) is 11.8 Å². The number of primary amides is 1. The fraction of sp³-hybridized carbons (Fsp3) is 0.250. The lowest BCUT2D eigenvalue weighted by atomic mass is 10.1. The number of carbonyl (C=O) groups is 2. The molecular formula is C16H17N5O3. The molecule has 2 amide bonds. The van der Waals surface area contributed by atoms with E-state index in [0.717, 1.165) is 5.69 Å². The van der Waals surface area contributed by atoms with Gasteiger partial charge in [0.2, 0.25) is 0 Å². The number of aromatic nitrogens is 2. The lowest BCUT2D eigenvalue weighted by Gasteiger charge is -2.30. The van der Waals surface area contributed by atoms with Gasteiger partial charge in [0, 0.05) is 30.7 Å². The highest BCUT2D eigenvalue weighted by molar-refractivity contribution is 6.05. The summed E-state index contributed by atoms with van der Waals surface area (Å²) in [5.41, 5.74) is 7.32. The summed E-state index contributed by atoms with van der Waals surface area (Å²) in [6, 6.07) is 6.59. The number of hydrogen-bond donors (Lipinski definition) is 2. The van der Waals surface area contributed by atoms with Gasteiger partial charge >= 0.3 is 0 Å². The number of rotatable bonds is 4. The predicted molar refractivity (Wildman–Crippen MR) is 88.0 cm³/mol. The highest BCUT2D eigenvalue weighted by Crippen LogP contribution is 2.25. The van der Waals surface area contributed by atoms with E-state index in [-0.39, 0.29) is 11.6 Å². The number of nitrogens with two attached hydrogens (primary N) is 1. The maximum absolute atomic E-state index is 12.1. The van der Waals surface area contributed by atoms with Crippen LogP contribution in [-0.2, 0) is 4.74 Å². The quantitative estimate of drug-likeness (QED) is 0.854. The molecule has 2 aromatic rings. The smallest absolute Gasteiger partial charge is 0.274 e. The van der Waals surface area contributed by atoms with Crippen molar-refractivity contribution < 1.29 is 14.3 Å². The summed E-state index contributed by atoms with van der Waals surface area (Å²) in [5.74, 6) is -0.929. The van der Waals surface area contributed by atoms with Crippen LogP contribution in [0, 0.1) is 0 Å². The Morgan fingerprint density at radius 1 is 1.21 bits per heavy atom. The van der Waals surface area contributed by atoms with Gasteiger partial charge in [0.05, 0.1) is 18.8 Å². The SMILES string of the molecule is NC(=O)c1cc(NC(=O)c2ccncn2)ccc1N1CCOCC1. The fourth-order valence-electron chi connectivity index (χ4n) is 2.51. The highest BCUT2D eigenvalue weighted by Gasteiger charge is 2.18. The number of amides is 2. The Hall–Kier alpha value is -3.00. The normalized spacial score (nSPS) is 14.2. The van der Waals surface area contributed by atoms with Crippen molar-refractivity contribution in [2.24, 2.45) is 5.73 Å². The second-order valence-corrected chi connectivity index (χ2v) is 5.24. The van der Waals surface area contributed by atoms with Gasteiger partial charge in [-0.1, -0.05) is 0 Å². The zero-order valence-corrected chi connectivity index (χ0v) is 12.9. The molecule has 0 bridgehead atoms. The number of hydrogen-bond acceptors (Lipinski definition) is 6. The molecule has 8 heteroatoms. The molecule has 0 aliphatic carbocycles. The summed E-state index contributed by atoms with van der Waals surface area (Å²) in [6.07, 6.45) is 2.78. The van der Waals surface area contributed by atoms with Crippen molar-refractivity contribution in [1.82, 2.24) is 9.97 Å². The van der Waals surface area contributed by atoms with Crippen LogP contribution in [0.15, 0.2) is 36.8 Å². The summed E-state index contributed by atoms with van der Waals surface area (Å²) in [7, 11) is 0. The Balaban J connectivity index is 1.83. The van der Waals surface area contributed by atoms with Crippen molar-refractivity contribution in [3.05, 3.63) is 48.0 Å². The van der Waals surface area contributed by atoms with Crippen molar-refractivity contribution in [2.45, 2.75) is 0 Å². The molecule has 2 heterocycles. The third kappa shape index (κ3) is 3.49. The average molecular weight is 327 g/mol. The first-order chi connectivity index (χ1) is 11.6. The van der Waals surface area contributed by atoms with Crippen LogP contribution in [0.5, 0.6) is 0 Å². The number of carbonyl (C=O) groups excluding carboxylic acids is 2. The molecule has 1 aliphatic rings. The second-order valence-electron chi connectivity index (χ2n) is 5.24. The minimum atomic E-state index is -0.547. The molecule has 1 saturated heterocycles. The monoisotopic (exact) mass is 327 g/mol. The first kappa shape index (κ1) is 15.9. The van der Waals surface area contributed by atoms with Crippen molar-refractivity contribution in [2.75, 3.05) is 36.5 Å². The zero-order valence-electron chi connectivity index (χ0n) is 12.9. The minimum Gasteiger partial charge on any atom is -0.378 e. The van der Waals surface area contributed by atoms with E-state index >= 15 is 0 Å². The maximum atomic E-state index is 12.1. The predicted octanol–water partition coefficient (Wildman–Crippen LogP) is 0.664. The molecule has 8 nitrogen and oxygen atoms in total. The summed E-state index contributed by atoms with van der Waals surface area (Å²) in [4.78, 5) is 33.6. The summed E-state index contributed by atoms with van der Waals surface area (Å²) < 4.78 is 5.32. The Morgan fingerprint density at radius 3 is 2.67 bits per heavy atom. The Kier molecular flexibility index (Phi) is 4.66. The van der Waals surface area contributed by atoms with Crippen molar-refractivity contribution in [3.63, 3.8) is 0 Å². The molecule has 0 unspecified atom stereocenters. The van der Waals surface area contributed by atoms with E-state index in [0.29, 0.717) is 37.6 Å². The van der Waals surface area contributed by atoms with Gasteiger partial charge in [-0.2, -0.15) is 0 Å². The molecule has 3 rings (SSSR count). The minimum absolute atomic E-state index is 0.239. The molecular weight excluding hydrogens is 310 g/mol. The third-order valence-electron chi connectivity index (χ3n) is 3.69. The van der Waals surface area contributed by atoms with Crippen molar-refractivity contribution >= 4 is 23.2 Å². The Morgan fingerprint density at radius 2 is 2.00 bits per heavy atom. The molecule has 124 valence electrons. The summed E-state index contributed by atoms with van der Waals surface area (Å²) >= 11 is 0. The molecule has 3 N–H and O–H groups in total. The topological polar surface area (TPSA) is 110 Å². The molecule has 1 aliphatic heterocycles. The maximum Gasteiger partial charge on any atom is 0.274 e. The molecule has 0 radical (unpaired) electrons. The van der Waals surface area contributed by atoms with Gasteiger partial charge < -0.3 is 20.7 Å². The van der Waals surface area contributed by atoms with E-state index in [1.165, 1.54) is 18.6 Å².